The Hall–Kier alpha value is -3.42. The molecule has 0 fully saturated rings. The summed E-state index contributed by atoms with van der Waals surface area (Å²) in [6, 6.07) is 6.89. The molecule has 1 aromatic carbocycles. The van der Waals surface area contributed by atoms with Gasteiger partial charge in [0.15, 0.2) is 0 Å². The van der Waals surface area contributed by atoms with Crippen LogP contribution in [0.2, 0.25) is 0 Å². The van der Waals surface area contributed by atoms with Crippen molar-refractivity contribution in [2.24, 2.45) is 0 Å². The molecule has 0 atom stereocenters. The molecule has 0 saturated carbocycles. The van der Waals surface area contributed by atoms with Crippen molar-refractivity contribution in [3.8, 4) is 0 Å². The van der Waals surface area contributed by atoms with Gasteiger partial charge in [0.1, 0.15) is 0 Å². The summed E-state index contributed by atoms with van der Waals surface area (Å²) in [4.78, 5) is 42.9. The normalized spacial score (nSPS) is 10.7. The number of amides is 2. The third kappa shape index (κ3) is 8.13. The molecular weight excluding hydrogens is 316 g/mol. The highest BCUT2D eigenvalue weighted by molar-refractivity contribution is 5.93. The lowest BCUT2D eigenvalue weighted by Crippen LogP contribution is -2.24. The number of hydrogen-bond acceptors (Lipinski definition) is 6. The zero-order valence-corrected chi connectivity index (χ0v) is 12.5. The van der Waals surface area contributed by atoms with Crippen molar-refractivity contribution in [2.75, 3.05) is 0 Å². The maximum atomic E-state index is 11.3. The average Bonchev–Trinajstić information content (AvgIpc) is 2.55. The van der Waals surface area contributed by atoms with Crippen molar-refractivity contribution in [1.82, 2.24) is 10.6 Å². The molecule has 0 bridgehead atoms. The number of carboxylic acid groups (broad SMARTS) is 2. The van der Waals surface area contributed by atoms with E-state index in [2.05, 4.69) is 10.6 Å². The summed E-state index contributed by atoms with van der Waals surface area (Å²) in [6.45, 7) is 0.411. The SMILES string of the molecule is O=C([O-])C=CC(=O)NCc1ccc(CNC(=O)C=CC(=O)[O-])cc1. The lowest BCUT2D eigenvalue weighted by atomic mass is 10.1. The first-order valence-corrected chi connectivity index (χ1v) is 6.78. The van der Waals surface area contributed by atoms with Crippen LogP contribution in [0.5, 0.6) is 0 Å². The van der Waals surface area contributed by atoms with Crippen molar-refractivity contribution in [3.05, 3.63) is 59.7 Å². The van der Waals surface area contributed by atoms with Gasteiger partial charge in [-0.25, -0.2) is 0 Å². The fourth-order valence-electron chi connectivity index (χ4n) is 1.56. The van der Waals surface area contributed by atoms with Crippen LogP contribution in [-0.2, 0) is 32.3 Å². The number of aliphatic carboxylic acids is 2. The molecule has 8 nitrogen and oxygen atoms in total. The Labute approximate surface area is 137 Å². The van der Waals surface area contributed by atoms with Crippen LogP contribution in [0.15, 0.2) is 48.6 Å². The molecule has 0 aromatic heterocycles. The lowest BCUT2D eigenvalue weighted by Gasteiger charge is -2.06. The van der Waals surface area contributed by atoms with Gasteiger partial charge >= 0.3 is 0 Å². The molecule has 0 heterocycles. The minimum Gasteiger partial charge on any atom is -0.545 e. The van der Waals surface area contributed by atoms with Crippen molar-refractivity contribution < 1.29 is 29.4 Å². The summed E-state index contributed by atoms with van der Waals surface area (Å²) >= 11 is 0. The van der Waals surface area contributed by atoms with Gasteiger partial charge in [-0.2, -0.15) is 0 Å². The van der Waals surface area contributed by atoms with Crippen molar-refractivity contribution in [3.63, 3.8) is 0 Å². The highest BCUT2D eigenvalue weighted by Gasteiger charge is 1.99. The molecule has 1 aromatic rings. The topological polar surface area (TPSA) is 138 Å². The molecule has 0 aliphatic heterocycles. The van der Waals surface area contributed by atoms with Crippen LogP contribution in [0.25, 0.3) is 0 Å². The van der Waals surface area contributed by atoms with E-state index in [4.69, 9.17) is 0 Å². The predicted molar refractivity (Wildman–Crippen MR) is 78.4 cm³/mol. The van der Waals surface area contributed by atoms with Gasteiger partial charge in [-0.15, -0.1) is 0 Å². The van der Waals surface area contributed by atoms with Crippen molar-refractivity contribution >= 4 is 23.8 Å². The van der Waals surface area contributed by atoms with Crippen LogP contribution >= 0.6 is 0 Å². The second-order valence-electron chi connectivity index (χ2n) is 4.56. The van der Waals surface area contributed by atoms with Gasteiger partial charge in [-0.1, -0.05) is 24.3 Å². The first-order valence-electron chi connectivity index (χ1n) is 6.78. The minimum absolute atomic E-state index is 0.206. The van der Waals surface area contributed by atoms with E-state index in [0.717, 1.165) is 23.3 Å². The molecule has 2 N–H and O–H groups in total. The van der Waals surface area contributed by atoms with Gasteiger partial charge in [0, 0.05) is 25.2 Å². The summed E-state index contributed by atoms with van der Waals surface area (Å²) in [5.74, 6) is -4.03. The number of carbonyl (C=O) groups is 4. The number of carbonyl (C=O) groups excluding carboxylic acids is 4. The van der Waals surface area contributed by atoms with Crippen molar-refractivity contribution in [1.29, 1.82) is 0 Å². The van der Waals surface area contributed by atoms with Gasteiger partial charge in [0.05, 0.1) is 11.9 Å². The van der Waals surface area contributed by atoms with Gasteiger partial charge < -0.3 is 30.4 Å². The maximum Gasteiger partial charge on any atom is 0.244 e. The highest BCUT2D eigenvalue weighted by atomic mass is 16.4. The molecule has 1 rings (SSSR count). The fraction of sp³-hybridized carbons (Fsp3) is 0.125. The van der Waals surface area contributed by atoms with E-state index in [0.29, 0.717) is 12.2 Å². The summed E-state index contributed by atoms with van der Waals surface area (Å²) in [6.07, 6.45) is 2.99. The largest absolute Gasteiger partial charge is 0.545 e. The van der Waals surface area contributed by atoms with E-state index in [1.54, 1.807) is 24.3 Å². The standard InChI is InChI=1S/C16H16N2O6/c19-13(5-7-15(21)22)17-9-11-1-2-12(4-3-11)10-18-14(20)6-8-16(23)24/h1-8H,9-10H2,(H,17,19)(H,18,20)(H,21,22)(H,23,24)/p-2. The summed E-state index contributed by atoms with van der Waals surface area (Å²) in [5, 5.41) is 25.3. The Balaban J connectivity index is 2.43. The van der Waals surface area contributed by atoms with Gasteiger partial charge in [0.2, 0.25) is 11.8 Å². The number of benzene rings is 1. The lowest BCUT2D eigenvalue weighted by molar-refractivity contribution is -0.298. The predicted octanol–water partition coefficient (Wildman–Crippen LogP) is -2.47. The molecule has 0 aliphatic rings. The number of hydrogen-bond donors (Lipinski definition) is 2. The number of carboxylic acids is 2. The van der Waals surface area contributed by atoms with E-state index in [1.165, 1.54) is 0 Å². The Morgan fingerprint density at radius 3 is 1.33 bits per heavy atom. The van der Waals surface area contributed by atoms with Crippen LogP contribution in [-0.4, -0.2) is 23.8 Å². The van der Waals surface area contributed by atoms with Crippen LogP contribution in [0, 0.1) is 0 Å². The third-order valence-corrected chi connectivity index (χ3v) is 2.70. The third-order valence-electron chi connectivity index (χ3n) is 2.70. The van der Waals surface area contributed by atoms with Gasteiger partial charge in [-0.05, 0) is 23.3 Å². The molecule has 0 unspecified atom stereocenters. The quantitative estimate of drug-likeness (QED) is 0.507. The highest BCUT2D eigenvalue weighted by Crippen LogP contribution is 2.04. The average molecular weight is 330 g/mol. The monoisotopic (exact) mass is 330 g/mol. The van der Waals surface area contributed by atoms with E-state index in [-0.39, 0.29) is 13.1 Å². The van der Waals surface area contributed by atoms with Crippen LogP contribution in [0.4, 0.5) is 0 Å². The summed E-state index contributed by atoms with van der Waals surface area (Å²) in [5.41, 5.74) is 1.55. The Bertz CT molecular complexity index is 617. The molecule has 8 heteroatoms. The zero-order chi connectivity index (χ0) is 17.9. The molecule has 2 amide bonds. The molecule has 0 radical (unpaired) electrons. The first-order chi connectivity index (χ1) is 11.4. The second-order valence-corrected chi connectivity index (χ2v) is 4.56. The Morgan fingerprint density at radius 2 is 1.04 bits per heavy atom. The van der Waals surface area contributed by atoms with E-state index >= 15 is 0 Å². The molecule has 24 heavy (non-hydrogen) atoms. The second kappa shape index (κ2) is 9.57. The van der Waals surface area contributed by atoms with Crippen LogP contribution in [0.3, 0.4) is 0 Å². The number of rotatable bonds is 8. The minimum atomic E-state index is -1.45. The van der Waals surface area contributed by atoms with Crippen LogP contribution in [0.1, 0.15) is 11.1 Å². The zero-order valence-electron chi connectivity index (χ0n) is 12.5. The molecular formula is C16H14N2O6-2. The summed E-state index contributed by atoms with van der Waals surface area (Å²) in [7, 11) is 0. The molecule has 0 spiro atoms. The number of nitrogens with one attached hydrogen (secondary N) is 2. The smallest absolute Gasteiger partial charge is 0.244 e. The first kappa shape index (κ1) is 18.6. The Morgan fingerprint density at radius 1 is 0.708 bits per heavy atom. The molecule has 0 aliphatic carbocycles. The van der Waals surface area contributed by atoms with E-state index in [1.807, 2.05) is 0 Å². The summed E-state index contributed by atoms with van der Waals surface area (Å²) < 4.78 is 0. The van der Waals surface area contributed by atoms with Gasteiger partial charge in [0.25, 0.3) is 0 Å². The van der Waals surface area contributed by atoms with E-state index < -0.39 is 23.8 Å². The Kier molecular flexibility index (Phi) is 7.43. The fourth-order valence-corrected chi connectivity index (χ4v) is 1.56. The van der Waals surface area contributed by atoms with E-state index in [9.17, 15) is 29.4 Å². The molecule has 126 valence electrons. The van der Waals surface area contributed by atoms with Gasteiger partial charge in [-0.3, -0.25) is 9.59 Å². The maximum absolute atomic E-state index is 11.3. The molecule has 0 saturated heterocycles. The van der Waals surface area contributed by atoms with Crippen molar-refractivity contribution in [2.45, 2.75) is 13.1 Å². The van der Waals surface area contributed by atoms with Crippen LogP contribution < -0.4 is 20.8 Å².